The maximum Gasteiger partial charge on any atom is 0.273 e. The number of carbonyl (C=O) groups is 1. The van der Waals surface area contributed by atoms with E-state index in [-0.39, 0.29) is 5.91 Å². The summed E-state index contributed by atoms with van der Waals surface area (Å²) >= 11 is 0. The van der Waals surface area contributed by atoms with E-state index in [4.69, 9.17) is 0 Å². The van der Waals surface area contributed by atoms with Crippen molar-refractivity contribution in [1.29, 1.82) is 0 Å². The second-order valence-electron chi connectivity index (χ2n) is 6.74. The summed E-state index contributed by atoms with van der Waals surface area (Å²) < 4.78 is 4.05. The van der Waals surface area contributed by atoms with Gasteiger partial charge in [-0.25, -0.2) is 4.68 Å². The monoisotopic (exact) mass is 352 g/mol. The average molecular weight is 352 g/mol. The van der Waals surface area contributed by atoms with Gasteiger partial charge in [0.05, 0.1) is 12.2 Å². The van der Waals surface area contributed by atoms with E-state index in [0.29, 0.717) is 18.3 Å². The Morgan fingerprint density at radius 1 is 1.23 bits per heavy atom. The van der Waals surface area contributed by atoms with Gasteiger partial charge in [-0.1, -0.05) is 23.4 Å². The minimum Gasteiger partial charge on any atom is -0.351 e. The number of carbonyl (C=O) groups excluding carboxylic acids is 1. The first kappa shape index (κ1) is 16.8. The predicted molar refractivity (Wildman–Crippen MR) is 100 cm³/mol. The number of para-hydroxylation sites is 1. The number of hydrogen-bond donors (Lipinski definition) is 2. The normalized spacial score (nSPS) is 15.4. The molecule has 0 aliphatic carbocycles. The molecule has 1 amide bonds. The summed E-state index contributed by atoms with van der Waals surface area (Å²) in [6.45, 7) is 3.46. The summed E-state index contributed by atoms with van der Waals surface area (Å²) in [6.07, 6.45) is 6.78. The molecule has 0 spiro atoms. The van der Waals surface area contributed by atoms with Crippen LogP contribution in [0.3, 0.4) is 0 Å². The second-order valence-corrected chi connectivity index (χ2v) is 6.74. The first-order valence-corrected chi connectivity index (χ1v) is 9.26. The molecule has 7 heteroatoms. The molecule has 0 radical (unpaired) electrons. The van der Waals surface area contributed by atoms with Gasteiger partial charge in [-0.2, -0.15) is 0 Å². The molecule has 1 aliphatic rings. The third-order valence-electron chi connectivity index (χ3n) is 4.97. The Labute approximate surface area is 152 Å². The van der Waals surface area contributed by atoms with E-state index in [2.05, 4.69) is 49.9 Å². The summed E-state index contributed by atoms with van der Waals surface area (Å²) in [6, 6.07) is 10.8. The highest BCUT2D eigenvalue weighted by atomic mass is 16.2. The van der Waals surface area contributed by atoms with Crippen LogP contribution in [0, 0.1) is 0 Å². The smallest absolute Gasteiger partial charge is 0.273 e. The van der Waals surface area contributed by atoms with Gasteiger partial charge in [-0.05, 0) is 49.9 Å². The number of hydrogen-bond acceptors (Lipinski definition) is 4. The van der Waals surface area contributed by atoms with Crippen molar-refractivity contribution in [3.8, 4) is 0 Å². The average Bonchev–Trinajstić information content (AvgIpc) is 3.33. The lowest BCUT2D eigenvalue weighted by atomic mass is 10.1. The molecule has 2 aromatic heterocycles. The molecule has 2 N–H and O–H groups in total. The Balaban J connectivity index is 1.27. The van der Waals surface area contributed by atoms with E-state index < -0.39 is 0 Å². The molecular weight excluding hydrogens is 328 g/mol. The highest BCUT2D eigenvalue weighted by Crippen LogP contribution is 2.17. The lowest BCUT2D eigenvalue weighted by Crippen LogP contribution is -2.29. The van der Waals surface area contributed by atoms with Gasteiger partial charge in [0.2, 0.25) is 0 Å². The summed E-state index contributed by atoms with van der Waals surface area (Å²) in [5.41, 5.74) is 1.62. The van der Waals surface area contributed by atoms with Crippen LogP contribution in [0.1, 0.15) is 35.8 Å². The Bertz CT molecular complexity index is 877. The number of benzene rings is 1. The van der Waals surface area contributed by atoms with Crippen LogP contribution in [0.4, 0.5) is 0 Å². The van der Waals surface area contributed by atoms with E-state index in [1.165, 1.54) is 10.9 Å². The lowest BCUT2D eigenvalue weighted by molar-refractivity contribution is 0.0947. The van der Waals surface area contributed by atoms with Gasteiger partial charge in [0.25, 0.3) is 5.91 Å². The van der Waals surface area contributed by atoms with Gasteiger partial charge < -0.3 is 15.2 Å². The number of nitrogens with zero attached hydrogens (tertiary/aromatic N) is 4. The van der Waals surface area contributed by atoms with Crippen molar-refractivity contribution in [1.82, 2.24) is 30.2 Å². The summed E-state index contributed by atoms with van der Waals surface area (Å²) in [5, 5.41) is 15.7. The molecule has 1 aromatic carbocycles. The Kier molecular flexibility index (Phi) is 4.97. The van der Waals surface area contributed by atoms with Gasteiger partial charge in [-0.15, -0.1) is 5.10 Å². The van der Waals surface area contributed by atoms with Crippen molar-refractivity contribution < 1.29 is 4.79 Å². The van der Waals surface area contributed by atoms with Crippen LogP contribution in [0.25, 0.3) is 10.9 Å². The topological polar surface area (TPSA) is 76.8 Å². The van der Waals surface area contributed by atoms with Crippen molar-refractivity contribution in [3.05, 3.63) is 48.4 Å². The molecule has 1 saturated heterocycles. The highest BCUT2D eigenvalue weighted by molar-refractivity contribution is 5.91. The van der Waals surface area contributed by atoms with Crippen LogP contribution in [-0.4, -0.2) is 45.1 Å². The third-order valence-corrected chi connectivity index (χ3v) is 4.97. The molecule has 136 valence electrons. The molecule has 7 nitrogen and oxygen atoms in total. The lowest BCUT2D eigenvalue weighted by Gasteiger charge is -2.22. The Morgan fingerprint density at radius 2 is 2.08 bits per heavy atom. The SMILES string of the molecule is O=C(NCCCn1ccc2ccccc21)c1cn(C2CCNCC2)nn1. The van der Waals surface area contributed by atoms with Crippen LogP contribution < -0.4 is 10.6 Å². The van der Waals surface area contributed by atoms with E-state index in [0.717, 1.165) is 38.9 Å². The van der Waals surface area contributed by atoms with Crippen molar-refractivity contribution in [2.45, 2.75) is 31.8 Å². The van der Waals surface area contributed by atoms with Gasteiger partial charge in [0.1, 0.15) is 0 Å². The molecule has 0 saturated carbocycles. The molecule has 3 aromatic rings. The van der Waals surface area contributed by atoms with Crippen LogP contribution in [-0.2, 0) is 6.54 Å². The van der Waals surface area contributed by atoms with Crippen molar-refractivity contribution >= 4 is 16.8 Å². The van der Waals surface area contributed by atoms with Gasteiger partial charge in [0.15, 0.2) is 5.69 Å². The van der Waals surface area contributed by atoms with E-state index in [1.807, 2.05) is 16.8 Å². The molecule has 4 rings (SSSR count). The maximum atomic E-state index is 12.3. The number of nitrogens with one attached hydrogen (secondary N) is 2. The Hall–Kier alpha value is -2.67. The first-order chi connectivity index (χ1) is 12.8. The minimum atomic E-state index is -0.150. The number of piperidine rings is 1. The maximum absolute atomic E-state index is 12.3. The zero-order valence-electron chi connectivity index (χ0n) is 14.8. The molecule has 3 heterocycles. The fourth-order valence-electron chi connectivity index (χ4n) is 3.51. The van der Waals surface area contributed by atoms with Crippen LogP contribution in [0.15, 0.2) is 42.7 Å². The number of aromatic nitrogens is 4. The van der Waals surface area contributed by atoms with Gasteiger partial charge in [-0.3, -0.25) is 4.79 Å². The Morgan fingerprint density at radius 3 is 2.96 bits per heavy atom. The number of amides is 1. The van der Waals surface area contributed by atoms with Crippen molar-refractivity contribution in [2.75, 3.05) is 19.6 Å². The van der Waals surface area contributed by atoms with Crippen LogP contribution in [0.2, 0.25) is 0 Å². The number of rotatable bonds is 6. The molecule has 1 fully saturated rings. The van der Waals surface area contributed by atoms with Crippen molar-refractivity contribution in [2.24, 2.45) is 0 Å². The number of fused-ring (bicyclic) bond motifs is 1. The quantitative estimate of drug-likeness (QED) is 0.665. The predicted octanol–water partition coefficient (Wildman–Crippen LogP) is 1.98. The standard InChI is InChI=1S/C19H24N6O/c26-19(17-14-25(23-22-17)16-6-10-20-11-7-16)21-9-3-12-24-13-8-15-4-1-2-5-18(15)24/h1-2,4-5,8,13-14,16,20H,3,6-7,9-12H2,(H,21,26). The second kappa shape index (κ2) is 7.70. The van der Waals surface area contributed by atoms with Crippen LogP contribution in [0.5, 0.6) is 0 Å². The summed E-state index contributed by atoms with van der Waals surface area (Å²) in [4.78, 5) is 12.3. The molecule has 1 aliphatic heterocycles. The fraction of sp³-hybridized carbons (Fsp3) is 0.421. The molecule has 0 unspecified atom stereocenters. The highest BCUT2D eigenvalue weighted by Gasteiger charge is 2.18. The molecule has 0 bridgehead atoms. The molecule has 26 heavy (non-hydrogen) atoms. The minimum absolute atomic E-state index is 0.150. The first-order valence-electron chi connectivity index (χ1n) is 9.26. The third kappa shape index (κ3) is 3.62. The van der Waals surface area contributed by atoms with Crippen LogP contribution >= 0.6 is 0 Å². The van der Waals surface area contributed by atoms with E-state index in [1.54, 1.807) is 6.20 Å². The van der Waals surface area contributed by atoms with E-state index in [9.17, 15) is 4.79 Å². The molecule has 0 atom stereocenters. The molecular formula is C19H24N6O. The largest absolute Gasteiger partial charge is 0.351 e. The zero-order chi connectivity index (χ0) is 17.8. The van der Waals surface area contributed by atoms with E-state index >= 15 is 0 Å². The van der Waals surface area contributed by atoms with Gasteiger partial charge >= 0.3 is 0 Å². The summed E-state index contributed by atoms with van der Waals surface area (Å²) in [7, 11) is 0. The zero-order valence-corrected chi connectivity index (χ0v) is 14.8. The fourth-order valence-corrected chi connectivity index (χ4v) is 3.51. The van der Waals surface area contributed by atoms with Crippen molar-refractivity contribution in [3.63, 3.8) is 0 Å². The number of aryl methyl sites for hydroxylation is 1. The van der Waals surface area contributed by atoms with Gasteiger partial charge in [0, 0.05) is 24.8 Å². The summed E-state index contributed by atoms with van der Waals surface area (Å²) in [5.74, 6) is -0.150.